The van der Waals surface area contributed by atoms with Crippen LogP contribution >= 0.6 is 0 Å². The third kappa shape index (κ3) is 3.33. The van der Waals surface area contributed by atoms with Crippen LogP contribution in [0.5, 0.6) is 0 Å². The number of ether oxygens (including phenoxy) is 1. The summed E-state index contributed by atoms with van der Waals surface area (Å²) in [5, 5.41) is 6.35. The second-order valence-electron chi connectivity index (χ2n) is 4.03. The number of esters is 1. The SMILES string of the molecule is [2H]C([2H])([2H])n1cc(C(=O)OC)c(Nc2ccc(C(F)(F)F)cc2)n1. The molecule has 0 saturated carbocycles. The molecule has 0 spiro atoms. The molecule has 0 aliphatic carbocycles. The van der Waals surface area contributed by atoms with Gasteiger partial charge in [-0.25, -0.2) is 4.79 Å². The quantitative estimate of drug-likeness (QED) is 0.886. The van der Waals surface area contributed by atoms with Gasteiger partial charge in [-0.05, 0) is 24.3 Å². The van der Waals surface area contributed by atoms with Crippen LogP contribution in [0, 0.1) is 0 Å². The molecule has 0 amide bonds. The van der Waals surface area contributed by atoms with Crippen LogP contribution in [0.3, 0.4) is 0 Å². The van der Waals surface area contributed by atoms with Gasteiger partial charge in [0.15, 0.2) is 5.82 Å². The Bertz CT molecular complexity index is 740. The first-order valence-corrected chi connectivity index (χ1v) is 5.65. The summed E-state index contributed by atoms with van der Waals surface area (Å²) in [7, 11) is 1.11. The Hall–Kier alpha value is -2.51. The number of alkyl halides is 3. The van der Waals surface area contributed by atoms with E-state index in [0.29, 0.717) is 4.68 Å². The highest BCUT2D eigenvalue weighted by molar-refractivity contribution is 5.95. The molecule has 1 aromatic heterocycles. The van der Waals surface area contributed by atoms with E-state index in [-0.39, 0.29) is 17.1 Å². The summed E-state index contributed by atoms with van der Waals surface area (Å²) in [5.74, 6) is -0.974. The van der Waals surface area contributed by atoms with Crippen molar-refractivity contribution in [2.24, 2.45) is 6.98 Å². The van der Waals surface area contributed by atoms with Gasteiger partial charge in [-0.2, -0.15) is 18.3 Å². The lowest BCUT2D eigenvalue weighted by atomic mass is 10.2. The number of carbonyl (C=O) groups is 1. The van der Waals surface area contributed by atoms with Crippen LogP contribution in [0.15, 0.2) is 30.5 Å². The Morgan fingerprint density at radius 3 is 2.57 bits per heavy atom. The van der Waals surface area contributed by atoms with Crippen molar-refractivity contribution in [3.63, 3.8) is 0 Å². The molecule has 0 fully saturated rings. The van der Waals surface area contributed by atoms with E-state index in [1.165, 1.54) is 0 Å². The fraction of sp³-hybridized carbons (Fsp3) is 0.231. The molecule has 2 rings (SSSR count). The lowest BCUT2D eigenvalue weighted by Crippen LogP contribution is -2.06. The Balaban J connectivity index is 2.34. The van der Waals surface area contributed by atoms with Crippen LogP contribution in [0.1, 0.15) is 20.0 Å². The number of halogens is 3. The Morgan fingerprint density at radius 2 is 2.05 bits per heavy atom. The van der Waals surface area contributed by atoms with Gasteiger partial charge in [0.2, 0.25) is 0 Å². The minimum atomic E-state index is -4.47. The lowest BCUT2D eigenvalue weighted by molar-refractivity contribution is -0.137. The molecule has 0 saturated heterocycles. The Kier molecular flexibility index (Phi) is 2.91. The lowest BCUT2D eigenvalue weighted by Gasteiger charge is -2.08. The first kappa shape index (κ1) is 11.2. The number of methoxy groups -OCH3 is 1. The number of aryl methyl sites for hydroxylation is 1. The van der Waals surface area contributed by atoms with Crippen molar-refractivity contribution in [1.82, 2.24) is 9.78 Å². The zero-order chi connectivity index (χ0) is 18.1. The van der Waals surface area contributed by atoms with Gasteiger partial charge in [-0.1, -0.05) is 0 Å². The second-order valence-corrected chi connectivity index (χ2v) is 4.03. The van der Waals surface area contributed by atoms with Crippen LogP contribution in [-0.2, 0) is 17.9 Å². The van der Waals surface area contributed by atoms with Crippen molar-refractivity contribution in [2.75, 3.05) is 12.4 Å². The summed E-state index contributed by atoms with van der Waals surface area (Å²) in [4.78, 5) is 11.7. The Labute approximate surface area is 122 Å². The zero-order valence-corrected chi connectivity index (χ0v) is 10.7. The van der Waals surface area contributed by atoms with Gasteiger partial charge >= 0.3 is 12.1 Å². The van der Waals surface area contributed by atoms with Gasteiger partial charge in [-0.3, -0.25) is 4.68 Å². The van der Waals surface area contributed by atoms with E-state index < -0.39 is 24.7 Å². The van der Waals surface area contributed by atoms with Crippen LogP contribution in [0.2, 0.25) is 0 Å². The summed E-state index contributed by atoms with van der Waals surface area (Å²) < 4.78 is 64.6. The van der Waals surface area contributed by atoms with Crippen molar-refractivity contribution < 1.29 is 26.8 Å². The second kappa shape index (κ2) is 5.47. The van der Waals surface area contributed by atoms with Crippen molar-refractivity contribution in [3.8, 4) is 0 Å². The molecule has 5 nitrogen and oxygen atoms in total. The molecule has 112 valence electrons. The standard InChI is InChI=1S/C13H12F3N3O2/c1-19-7-10(12(20)21-2)11(18-19)17-9-5-3-8(4-6-9)13(14,15)16/h3-7H,1-2H3,(H,17,18)/i1D3. The number of hydrogen-bond acceptors (Lipinski definition) is 4. The average molecular weight is 302 g/mol. The van der Waals surface area contributed by atoms with E-state index in [1.807, 2.05) is 0 Å². The highest BCUT2D eigenvalue weighted by Gasteiger charge is 2.30. The molecular formula is C13H12F3N3O2. The van der Waals surface area contributed by atoms with Gasteiger partial charge in [0.05, 0.1) is 12.7 Å². The molecule has 21 heavy (non-hydrogen) atoms. The number of carbonyl (C=O) groups excluding carboxylic acids is 1. The number of hydrogen-bond donors (Lipinski definition) is 1. The Morgan fingerprint density at radius 1 is 1.38 bits per heavy atom. The third-order valence-corrected chi connectivity index (χ3v) is 2.59. The summed E-state index contributed by atoms with van der Waals surface area (Å²) in [6.07, 6.45) is -3.50. The maximum absolute atomic E-state index is 12.5. The molecule has 1 aromatic carbocycles. The van der Waals surface area contributed by atoms with Crippen LogP contribution in [0.4, 0.5) is 24.7 Å². The maximum Gasteiger partial charge on any atom is 0.416 e. The molecule has 1 N–H and O–H groups in total. The first-order chi connectivity index (χ1) is 11.0. The van der Waals surface area contributed by atoms with Crippen molar-refractivity contribution in [2.45, 2.75) is 6.18 Å². The minimum absolute atomic E-state index is 0.141. The van der Waals surface area contributed by atoms with E-state index in [2.05, 4.69) is 15.2 Å². The summed E-state index contributed by atoms with van der Waals surface area (Å²) in [6.45, 7) is -2.62. The predicted molar refractivity (Wildman–Crippen MR) is 69.3 cm³/mol. The largest absolute Gasteiger partial charge is 0.465 e. The third-order valence-electron chi connectivity index (χ3n) is 2.59. The topological polar surface area (TPSA) is 56.1 Å². The monoisotopic (exact) mass is 302 g/mol. The van der Waals surface area contributed by atoms with Gasteiger partial charge in [0, 0.05) is 23.0 Å². The van der Waals surface area contributed by atoms with Crippen LogP contribution in [0.25, 0.3) is 0 Å². The molecule has 0 atom stereocenters. The molecule has 0 radical (unpaired) electrons. The molecule has 0 unspecified atom stereocenters. The molecule has 2 aromatic rings. The number of nitrogens with zero attached hydrogens (tertiary/aromatic N) is 2. The number of benzene rings is 1. The number of nitrogens with one attached hydrogen (secondary N) is 1. The van der Waals surface area contributed by atoms with E-state index in [9.17, 15) is 18.0 Å². The highest BCUT2D eigenvalue weighted by Crippen LogP contribution is 2.30. The minimum Gasteiger partial charge on any atom is -0.465 e. The maximum atomic E-state index is 12.5. The number of aromatic nitrogens is 2. The zero-order valence-electron chi connectivity index (χ0n) is 13.7. The number of rotatable bonds is 3. The van der Waals surface area contributed by atoms with E-state index in [1.54, 1.807) is 0 Å². The molecular weight excluding hydrogens is 287 g/mol. The molecule has 8 heteroatoms. The first-order valence-electron chi connectivity index (χ1n) is 7.15. The van der Waals surface area contributed by atoms with Gasteiger partial charge in [0.1, 0.15) is 5.56 Å². The predicted octanol–water partition coefficient (Wildman–Crippen LogP) is 2.97. The van der Waals surface area contributed by atoms with E-state index >= 15 is 0 Å². The number of anilines is 2. The fourth-order valence-electron chi connectivity index (χ4n) is 1.60. The highest BCUT2D eigenvalue weighted by atomic mass is 19.4. The van der Waals surface area contributed by atoms with E-state index in [4.69, 9.17) is 4.11 Å². The van der Waals surface area contributed by atoms with Gasteiger partial charge in [-0.15, -0.1) is 0 Å². The molecule has 1 heterocycles. The van der Waals surface area contributed by atoms with Gasteiger partial charge in [0.25, 0.3) is 0 Å². The van der Waals surface area contributed by atoms with Crippen molar-refractivity contribution in [1.29, 1.82) is 0 Å². The van der Waals surface area contributed by atoms with Crippen LogP contribution < -0.4 is 5.32 Å². The molecule has 0 aliphatic rings. The van der Waals surface area contributed by atoms with Gasteiger partial charge < -0.3 is 10.1 Å². The van der Waals surface area contributed by atoms with Crippen molar-refractivity contribution in [3.05, 3.63) is 41.6 Å². The summed E-state index contributed by atoms with van der Waals surface area (Å²) in [5.41, 5.74) is -0.799. The summed E-state index contributed by atoms with van der Waals surface area (Å²) in [6, 6.07) is 3.97. The smallest absolute Gasteiger partial charge is 0.416 e. The fourth-order valence-corrected chi connectivity index (χ4v) is 1.60. The average Bonchev–Trinajstić information content (AvgIpc) is 2.90. The van der Waals surface area contributed by atoms with Crippen LogP contribution in [-0.4, -0.2) is 22.9 Å². The molecule has 0 aliphatic heterocycles. The normalized spacial score (nSPS) is 14.0. The van der Waals surface area contributed by atoms with E-state index in [0.717, 1.165) is 37.6 Å². The molecule has 0 bridgehead atoms. The van der Waals surface area contributed by atoms with Crippen molar-refractivity contribution >= 4 is 17.5 Å². The summed E-state index contributed by atoms with van der Waals surface area (Å²) >= 11 is 0.